The number of nitrogens with zero attached hydrogens (tertiary/aromatic N) is 1. The van der Waals surface area contributed by atoms with E-state index in [1.54, 1.807) is 0 Å². The molecule has 0 unspecified atom stereocenters. The first-order chi connectivity index (χ1) is 11.5. The molecular formula is C15H19F3N2O4S. The zero-order valence-corrected chi connectivity index (χ0v) is 14.3. The number of alkyl halides is 3. The van der Waals surface area contributed by atoms with Gasteiger partial charge >= 0.3 is 12.1 Å². The van der Waals surface area contributed by atoms with Crippen molar-refractivity contribution in [2.75, 3.05) is 26.2 Å². The summed E-state index contributed by atoms with van der Waals surface area (Å²) in [5.41, 5.74) is 0.00714. The Labute approximate surface area is 143 Å². The first-order valence-corrected chi connectivity index (χ1v) is 9.09. The molecule has 1 atom stereocenters. The molecule has 1 aliphatic heterocycles. The van der Waals surface area contributed by atoms with E-state index in [1.165, 1.54) is 30.0 Å². The highest BCUT2D eigenvalue weighted by atomic mass is 32.2. The molecule has 1 fully saturated rings. The van der Waals surface area contributed by atoms with Crippen molar-refractivity contribution in [2.45, 2.75) is 24.4 Å². The molecule has 6 nitrogen and oxygen atoms in total. The zero-order valence-electron chi connectivity index (χ0n) is 13.5. The van der Waals surface area contributed by atoms with Crippen LogP contribution in [0.2, 0.25) is 0 Å². The fraction of sp³-hybridized carbons (Fsp3) is 0.533. The maximum absolute atomic E-state index is 12.4. The third-order valence-electron chi connectivity index (χ3n) is 4.14. The summed E-state index contributed by atoms with van der Waals surface area (Å²) in [6.07, 6.45) is -3.81. The lowest BCUT2D eigenvalue weighted by Crippen LogP contribution is -2.35. The molecule has 0 aliphatic carbocycles. The van der Waals surface area contributed by atoms with Crippen LogP contribution in [0, 0.1) is 12.8 Å². The van der Waals surface area contributed by atoms with Gasteiger partial charge in [-0.25, -0.2) is 17.9 Å². The predicted molar refractivity (Wildman–Crippen MR) is 83.9 cm³/mol. The molecule has 0 amide bonds. The van der Waals surface area contributed by atoms with Crippen LogP contribution in [0.1, 0.15) is 22.3 Å². The Hall–Kier alpha value is -1.65. The highest BCUT2D eigenvalue weighted by Crippen LogP contribution is 2.23. The first kappa shape index (κ1) is 19.7. The van der Waals surface area contributed by atoms with Crippen molar-refractivity contribution < 1.29 is 31.5 Å². The minimum Gasteiger partial charge on any atom is -0.478 e. The van der Waals surface area contributed by atoms with E-state index >= 15 is 0 Å². The lowest BCUT2D eigenvalue weighted by molar-refractivity contribution is -0.143. The quantitative estimate of drug-likeness (QED) is 0.787. The van der Waals surface area contributed by atoms with Crippen molar-refractivity contribution in [1.29, 1.82) is 0 Å². The summed E-state index contributed by atoms with van der Waals surface area (Å²) in [6.45, 7) is 0.831. The average Bonchev–Trinajstić information content (AvgIpc) is 2.90. The van der Waals surface area contributed by atoms with Crippen molar-refractivity contribution in [2.24, 2.45) is 5.92 Å². The van der Waals surface area contributed by atoms with Gasteiger partial charge in [-0.2, -0.15) is 13.2 Å². The number of carboxylic acid groups (broad SMARTS) is 1. The number of hydrogen-bond donors (Lipinski definition) is 2. The van der Waals surface area contributed by atoms with Gasteiger partial charge in [0.05, 0.1) is 17.0 Å². The van der Waals surface area contributed by atoms with Gasteiger partial charge in [0.1, 0.15) is 0 Å². The van der Waals surface area contributed by atoms with Gasteiger partial charge in [-0.15, -0.1) is 0 Å². The van der Waals surface area contributed by atoms with Gasteiger partial charge in [0.15, 0.2) is 0 Å². The number of rotatable bonds is 6. The number of benzene rings is 1. The van der Waals surface area contributed by atoms with Crippen LogP contribution in [0.5, 0.6) is 0 Å². The summed E-state index contributed by atoms with van der Waals surface area (Å²) in [4.78, 5) is 12.2. The van der Waals surface area contributed by atoms with E-state index < -0.39 is 28.7 Å². The molecule has 0 aromatic heterocycles. The van der Waals surface area contributed by atoms with Gasteiger partial charge in [-0.05, 0) is 43.5 Å². The smallest absolute Gasteiger partial charge is 0.401 e. The first-order valence-electron chi connectivity index (χ1n) is 7.61. The summed E-state index contributed by atoms with van der Waals surface area (Å²) < 4.78 is 64.3. The van der Waals surface area contributed by atoms with Crippen LogP contribution >= 0.6 is 0 Å². The molecular weight excluding hydrogens is 361 g/mol. The molecule has 2 N–H and O–H groups in total. The molecule has 1 aromatic rings. The van der Waals surface area contributed by atoms with E-state index in [1.807, 2.05) is 0 Å². The van der Waals surface area contributed by atoms with Crippen LogP contribution in [-0.4, -0.2) is 56.7 Å². The largest absolute Gasteiger partial charge is 0.478 e. The Balaban J connectivity index is 2.02. The van der Waals surface area contributed by atoms with Crippen LogP contribution in [0.4, 0.5) is 13.2 Å². The van der Waals surface area contributed by atoms with Gasteiger partial charge in [0.2, 0.25) is 10.0 Å². The summed E-state index contributed by atoms with van der Waals surface area (Å²) in [5, 5.41) is 9.07. The number of nitrogens with one attached hydrogen (secondary N) is 1. The van der Waals surface area contributed by atoms with Gasteiger partial charge in [-0.1, -0.05) is 6.07 Å². The number of hydrogen-bond acceptors (Lipinski definition) is 4. The van der Waals surface area contributed by atoms with Crippen molar-refractivity contribution in [3.05, 3.63) is 29.3 Å². The van der Waals surface area contributed by atoms with E-state index in [9.17, 15) is 26.4 Å². The van der Waals surface area contributed by atoms with Crippen molar-refractivity contribution >= 4 is 16.0 Å². The Bertz CT molecular complexity index is 750. The van der Waals surface area contributed by atoms with E-state index in [0.29, 0.717) is 6.42 Å². The normalized spacial score (nSPS) is 19.3. The van der Waals surface area contributed by atoms with Crippen molar-refractivity contribution in [3.8, 4) is 0 Å². The summed E-state index contributed by atoms with van der Waals surface area (Å²) in [6, 6.07) is 3.95. The Morgan fingerprint density at radius 1 is 1.40 bits per heavy atom. The second-order valence-corrected chi connectivity index (χ2v) is 7.83. The van der Waals surface area contributed by atoms with Gasteiger partial charge < -0.3 is 5.11 Å². The van der Waals surface area contributed by atoms with Gasteiger partial charge in [0, 0.05) is 13.1 Å². The molecule has 1 aliphatic rings. The minimum absolute atomic E-state index is 0.00737. The Morgan fingerprint density at radius 3 is 2.68 bits per heavy atom. The molecule has 140 valence electrons. The molecule has 10 heteroatoms. The lowest BCUT2D eigenvalue weighted by Gasteiger charge is -2.18. The van der Waals surface area contributed by atoms with Crippen LogP contribution in [0.25, 0.3) is 0 Å². The van der Waals surface area contributed by atoms with Crippen molar-refractivity contribution in [1.82, 2.24) is 9.62 Å². The van der Waals surface area contributed by atoms with E-state index in [4.69, 9.17) is 5.11 Å². The number of likely N-dealkylation sites (tertiary alicyclic amines) is 1. The maximum atomic E-state index is 12.4. The van der Waals surface area contributed by atoms with E-state index in [2.05, 4.69) is 4.72 Å². The second kappa shape index (κ2) is 7.30. The number of sulfonamides is 1. The third-order valence-corrected chi connectivity index (χ3v) is 5.71. The molecule has 0 radical (unpaired) electrons. The standard InChI is InChI=1S/C15H19F3N2O4S/c1-10-12(14(21)22)3-2-4-13(10)25(23,24)19-7-11-5-6-20(8-11)9-15(16,17)18/h2-4,11,19H,5-9H2,1H3,(H,21,22)/t11-/m1/s1. The Kier molecular flexibility index (Phi) is 5.75. The maximum Gasteiger partial charge on any atom is 0.401 e. The fourth-order valence-electron chi connectivity index (χ4n) is 2.92. The minimum atomic E-state index is -4.28. The summed E-state index contributed by atoms with van der Waals surface area (Å²) in [7, 11) is -3.94. The molecule has 0 saturated carbocycles. The fourth-order valence-corrected chi connectivity index (χ4v) is 4.30. The topological polar surface area (TPSA) is 86.7 Å². The summed E-state index contributed by atoms with van der Waals surface area (Å²) in [5.74, 6) is -1.45. The number of aromatic carboxylic acids is 1. The van der Waals surface area contributed by atoms with Crippen molar-refractivity contribution in [3.63, 3.8) is 0 Å². The molecule has 1 saturated heterocycles. The number of carboxylic acids is 1. The zero-order chi connectivity index (χ0) is 18.8. The molecule has 0 bridgehead atoms. The molecule has 25 heavy (non-hydrogen) atoms. The molecule has 1 aromatic carbocycles. The SMILES string of the molecule is Cc1c(C(=O)O)cccc1S(=O)(=O)NC[C@H]1CCN(CC(F)(F)F)C1. The van der Waals surface area contributed by atoms with Crippen LogP contribution in [0.3, 0.4) is 0 Å². The van der Waals surface area contributed by atoms with Crippen LogP contribution < -0.4 is 4.72 Å². The second-order valence-electron chi connectivity index (χ2n) is 6.09. The lowest BCUT2D eigenvalue weighted by atomic mass is 10.1. The number of halogens is 3. The third kappa shape index (κ3) is 5.16. The van der Waals surface area contributed by atoms with Gasteiger partial charge in [-0.3, -0.25) is 4.90 Å². The highest BCUT2D eigenvalue weighted by Gasteiger charge is 2.34. The number of carbonyl (C=O) groups is 1. The predicted octanol–water partition coefficient (Wildman–Crippen LogP) is 1.86. The van der Waals surface area contributed by atoms with Crippen LogP contribution in [-0.2, 0) is 10.0 Å². The molecule has 0 spiro atoms. The molecule has 1 heterocycles. The van der Waals surface area contributed by atoms with E-state index in [-0.39, 0.29) is 41.6 Å². The average molecular weight is 380 g/mol. The van der Waals surface area contributed by atoms with E-state index in [0.717, 1.165) is 0 Å². The highest BCUT2D eigenvalue weighted by molar-refractivity contribution is 7.89. The summed E-state index contributed by atoms with van der Waals surface area (Å²) >= 11 is 0. The molecule has 2 rings (SSSR count). The monoisotopic (exact) mass is 380 g/mol. The Morgan fingerprint density at radius 2 is 2.08 bits per heavy atom. The van der Waals surface area contributed by atoms with Crippen LogP contribution in [0.15, 0.2) is 23.1 Å². The van der Waals surface area contributed by atoms with Gasteiger partial charge in [0.25, 0.3) is 0 Å².